The van der Waals surface area contributed by atoms with Gasteiger partial charge in [0, 0.05) is 42.9 Å². The summed E-state index contributed by atoms with van der Waals surface area (Å²) in [7, 11) is 0. The predicted octanol–water partition coefficient (Wildman–Crippen LogP) is 4.79. The van der Waals surface area contributed by atoms with Crippen molar-refractivity contribution in [3.63, 3.8) is 0 Å². The van der Waals surface area contributed by atoms with Crippen molar-refractivity contribution in [2.75, 3.05) is 36.4 Å². The number of furan rings is 1. The van der Waals surface area contributed by atoms with Crippen molar-refractivity contribution in [2.45, 2.75) is 20.3 Å². The monoisotopic (exact) mass is 363 g/mol. The summed E-state index contributed by atoms with van der Waals surface area (Å²) in [5.41, 5.74) is 4.00. The van der Waals surface area contributed by atoms with Crippen molar-refractivity contribution in [1.82, 2.24) is 4.90 Å². The van der Waals surface area contributed by atoms with Crippen LogP contribution in [0.3, 0.4) is 0 Å². The molecule has 4 rings (SSSR count). The molecule has 5 nitrogen and oxygen atoms in total. The first-order valence-electron chi connectivity index (χ1n) is 9.47. The zero-order valence-electron chi connectivity index (χ0n) is 15.9. The molecule has 0 saturated carbocycles. The Hall–Kier alpha value is -2.95. The summed E-state index contributed by atoms with van der Waals surface area (Å²) in [5.74, 6) is 0.919. The second-order valence-corrected chi connectivity index (χ2v) is 7.09. The van der Waals surface area contributed by atoms with Crippen LogP contribution in [-0.4, -0.2) is 37.1 Å². The molecule has 0 radical (unpaired) electrons. The van der Waals surface area contributed by atoms with Crippen molar-refractivity contribution < 1.29 is 9.21 Å². The van der Waals surface area contributed by atoms with E-state index in [0.717, 1.165) is 54.0 Å². The summed E-state index contributed by atoms with van der Waals surface area (Å²) in [6.07, 6.45) is 0.960. The van der Waals surface area contributed by atoms with Gasteiger partial charge in [-0.2, -0.15) is 0 Å². The molecule has 27 heavy (non-hydrogen) atoms. The first kappa shape index (κ1) is 17.5. The van der Waals surface area contributed by atoms with Crippen LogP contribution in [0, 0.1) is 13.8 Å². The van der Waals surface area contributed by atoms with Crippen molar-refractivity contribution in [1.29, 1.82) is 0 Å². The molecule has 0 bridgehead atoms. The Morgan fingerprint density at radius 3 is 2.63 bits per heavy atom. The van der Waals surface area contributed by atoms with Crippen molar-refractivity contribution >= 4 is 28.4 Å². The van der Waals surface area contributed by atoms with Gasteiger partial charge >= 0.3 is 6.03 Å². The standard InChI is InChI=1S/C22H25N3O2/c1-16-17(2)27-21-10-9-18(15-20(16)21)23-22(26)25-12-6-11-24(13-14-25)19-7-4-3-5-8-19/h3-5,7-10,15H,6,11-14H2,1-2H3,(H,23,26). The maximum atomic E-state index is 12.8. The van der Waals surface area contributed by atoms with Gasteiger partial charge in [-0.05, 0) is 56.2 Å². The van der Waals surface area contributed by atoms with Crippen LogP contribution in [0.4, 0.5) is 16.2 Å². The lowest BCUT2D eigenvalue weighted by molar-refractivity contribution is 0.215. The number of benzene rings is 2. The molecule has 0 aliphatic carbocycles. The molecule has 5 heteroatoms. The highest BCUT2D eigenvalue weighted by Gasteiger charge is 2.19. The van der Waals surface area contributed by atoms with Crippen LogP contribution in [0.5, 0.6) is 0 Å². The van der Waals surface area contributed by atoms with Gasteiger partial charge in [0.2, 0.25) is 0 Å². The van der Waals surface area contributed by atoms with Crippen LogP contribution >= 0.6 is 0 Å². The Morgan fingerprint density at radius 1 is 1.00 bits per heavy atom. The second kappa shape index (κ2) is 7.35. The molecule has 0 atom stereocenters. The number of para-hydroxylation sites is 1. The quantitative estimate of drug-likeness (QED) is 0.712. The number of nitrogens with zero attached hydrogens (tertiary/aromatic N) is 2. The highest BCUT2D eigenvalue weighted by atomic mass is 16.3. The van der Waals surface area contributed by atoms with Gasteiger partial charge in [-0.1, -0.05) is 18.2 Å². The molecular weight excluding hydrogens is 338 g/mol. The summed E-state index contributed by atoms with van der Waals surface area (Å²) in [4.78, 5) is 17.0. The molecule has 1 saturated heterocycles. The Morgan fingerprint density at radius 2 is 1.81 bits per heavy atom. The molecule has 0 spiro atoms. The third-order valence-electron chi connectivity index (χ3n) is 5.33. The van der Waals surface area contributed by atoms with Gasteiger partial charge in [0.25, 0.3) is 0 Å². The third kappa shape index (κ3) is 3.63. The second-order valence-electron chi connectivity index (χ2n) is 7.09. The molecule has 2 aromatic carbocycles. The normalized spacial score (nSPS) is 15.0. The molecular formula is C22H25N3O2. The summed E-state index contributed by atoms with van der Waals surface area (Å²) in [6, 6.07) is 16.2. The lowest BCUT2D eigenvalue weighted by atomic mass is 10.1. The van der Waals surface area contributed by atoms with Crippen LogP contribution in [0.1, 0.15) is 17.7 Å². The van der Waals surface area contributed by atoms with E-state index in [2.05, 4.69) is 34.5 Å². The van der Waals surface area contributed by atoms with Gasteiger partial charge in [-0.15, -0.1) is 0 Å². The van der Waals surface area contributed by atoms with Crippen LogP contribution in [0.15, 0.2) is 52.9 Å². The summed E-state index contributed by atoms with van der Waals surface area (Å²) >= 11 is 0. The summed E-state index contributed by atoms with van der Waals surface area (Å²) in [6.45, 7) is 7.29. The van der Waals surface area contributed by atoms with E-state index in [9.17, 15) is 4.79 Å². The number of nitrogens with one attached hydrogen (secondary N) is 1. The summed E-state index contributed by atoms with van der Waals surface area (Å²) < 4.78 is 5.72. The van der Waals surface area contributed by atoms with Crippen molar-refractivity contribution in [2.24, 2.45) is 0 Å². The highest BCUT2D eigenvalue weighted by Crippen LogP contribution is 2.27. The number of amides is 2. The molecule has 1 N–H and O–H groups in total. The molecule has 3 aromatic rings. The first-order chi connectivity index (χ1) is 13.1. The topological polar surface area (TPSA) is 48.7 Å². The van der Waals surface area contributed by atoms with Crippen LogP contribution in [0.25, 0.3) is 11.0 Å². The van der Waals surface area contributed by atoms with Crippen LogP contribution in [0.2, 0.25) is 0 Å². The number of carbonyl (C=O) groups is 1. The fraction of sp³-hybridized carbons (Fsp3) is 0.318. The fourth-order valence-electron chi connectivity index (χ4n) is 3.64. The predicted molar refractivity (Wildman–Crippen MR) is 110 cm³/mol. The molecule has 0 unspecified atom stereocenters. The van der Waals surface area contributed by atoms with E-state index in [1.807, 2.05) is 43.0 Å². The molecule has 1 aliphatic rings. The van der Waals surface area contributed by atoms with E-state index in [1.165, 1.54) is 5.69 Å². The molecule has 1 aliphatic heterocycles. The van der Waals surface area contributed by atoms with Gasteiger partial charge < -0.3 is 19.5 Å². The maximum absolute atomic E-state index is 12.8. The average molecular weight is 363 g/mol. The number of aryl methyl sites for hydroxylation is 2. The lowest BCUT2D eigenvalue weighted by Crippen LogP contribution is -2.38. The summed E-state index contributed by atoms with van der Waals surface area (Å²) in [5, 5.41) is 4.10. The third-order valence-corrected chi connectivity index (χ3v) is 5.33. The number of hydrogen-bond acceptors (Lipinski definition) is 3. The molecule has 2 heterocycles. The number of urea groups is 1. The van der Waals surface area contributed by atoms with Gasteiger partial charge in [0.15, 0.2) is 0 Å². The van der Waals surface area contributed by atoms with Crippen molar-refractivity contribution in [3.8, 4) is 0 Å². The number of hydrogen-bond donors (Lipinski definition) is 1. The Labute approximate surface area is 159 Å². The van der Waals surface area contributed by atoms with Crippen molar-refractivity contribution in [3.05, 3.63) is 59.9 Å². The van der Waals surface area contributed by atoms with Crippen LogP contribution in [-0.2, 0) is 0 Å². The molecule has 1 fully saturated rings. The maximum Gasteiger partial charge on any atom is 0.321 e. The van der Waals surface area contributed by atoms with Crippen LogP contribution < -0.4 is 10.2 Å². The first-order valence-corrected chi connectivity index (χ1v) is 9.47. The molecule has 2 amide bonds. The van der Waals surface area contributed by atoms with E-state index in [1.54, 1.807) is 0 Å². The minimum Gasteiger partial charge on any atom is -0.461 e. The van der Waals surface area contributed by atoms with Gasteiger partial charge in [0.05, 0.1) is 0 Å². The largest absolute Gasteiger partial charge is 0.461 e. The number of anilines is 2. The lowest BCUT2D eigenvalue weighted by Gasteiger charge is -2.23. The van der Waals surface area contributed by atoms with E-state index < -0.39 is 0 Å². The number of rotatable bonds is 2. The zero-order chi connectivity index (χ0) is 18.8. The smallest absolute Gasteiger partial charge is 0.321 e. The van der Waals surface area contributed by atoms with Gasteiger partial charge in [-0.25, -0.2) is 4.79 Å². The SMILES string of the molecule is Cc1oc2ccc(NC(=O)N3CCCN(c4ccccc4)CC3)cc2c1C. The minimum absolute atomic E-state index is 0.0397. The molecule has 140 valence electrons. The zero-order valence-corrected chi connectivity index (χ0v) is 15.9. The Kier molecular flexibility index (Phi) is 4.75. The van der Waals surface area contributed by atoms with Gasteiger partial charge in [-0.3, -0.25) is 0 Å². The van der Waals surface area contributed by atoms with E-state index in [4.69, 9.17) is 4.42 Å². The Bertz CT molecular complexity index is 949. The molecule has 1 aromatic heterocycles. The fourth-order valence-corrected chi connectivity index (χ4v) is 3.64. The van der Waals surface area contributed by atoms with Gasteiger partial charge in [0.1, 0.15) is 11.3 Å². The highest BCUT2D eigenvalue weighted by molar-refractivity contribution is 5.93. The minimum atomic E-state index is -0.0397. The van der Waals surface area contributed by atoms with E-state index in [0.29, 0.717) is 6.54 Å². The Balaban J connectivity index is 1.43. The number of carbonyl (C=O) groups excluding carboxylic acids is 1. The van der Waals surface area contributed by atoms with E-state index in [-0.39, 0.29) is 6.03 Å². The number of fused-ring (bicyclic) bond motifs is 1. The average Bonchev–Trinajstić information content (AvgIpc) is 2.87. The van der Waals surface area contributed by atoms with E-state index >= 15 is 0 Å².